The number of hydrogen-bond acceptors (Lipinski definition) is 2. The first-order chi connectivity index (χ1) is 7.77. The van der Waals surface area contributed by atoms with Crippen LogP contribution in [0.15, 0.2) is 17.2 Å². The van der Waals surface area contributed by atoms with Gasteiger partial charge in [0.15, 0.2) is 0 Å². The maximum absolute atomic E-state index is 11.9. The monoisotopic (exact) mass is 329 g/mol. The fourth-order valence-corrected chi connectivity index (χ4v) is 2.87. The molecule has 0 aliphatic heterocycles. The Hall–Kier alpha value is -0.850. The van der Waals surface area contributed by atoms with Crippen LogP contribution in [-0.2, 0) is 0 Å². The molecule has 2 aromatic rings. The molecule has 0 spiro atoms. The number of aromatic amines is 1. The van der Waals surface area contributed by atoms with Gasteiger partial charge < -0.3 is 4.98 Å². The third kappa shape index (κ3) is 1.49. The molecule has 2 aromatic heterocycles. The fourth-order valence-electron chi connectivity index (χ4n) is 2.42. The van der Waals surface area contributed by atoms with Crippen molar-refractivity contribution in [1.82, 2.24) is 14.8 Å². The minimum atomic E-state index is 0.0820. The van der Waals surface area contributed by atoms with Crippen molar-refractivity contribution in [3.8, 4) is 0 Å². The van der Waals surface area contributed by atoms with E-state index in [4.69, 9.17) is 0 Å². The second-order valence-corrected chi connectivity index (χ2v) is 5.42. The second kappa shape index (κ2) is 3.87. The average molecular weight is 329 g/mol. The standard InChI is InChI=1S/C11H12IN3O/c12-9-6-13-11-8(10(9)16)5-14-15(11)7-3-1-2-4-7/h5-7H,1-4H2,(H,13,16). The van der Waals surface area contributed by atoms with Crippen LogP contribution in [-0.4, -0.2) is 14.8 Å². The third-order valence-electron chi connectivity index (χ3n) is 3.26. The SMILES string of the molecule is O=c1c(I)c[nH]c2c1cnn2C1CCCC1. The summed E-state index contributed by atoms with van der Waals surface area (Å²) in [7, 11) is 0. The van der Waals surface area contributed by atoms with Crippen molar-refractivity contribution in [2.45, 2.75) is 31.7 Å². The van der Waals surface area contributed by atoms with Crippen LogP contribution in [0.2, 0.25) is 0 Å². The summed E-state index contributed by atoms with van der Waals surface area (Å²) in [5.41, 5.74) is 0.955. The number of rotatable bonds is 1. The van der Waals surface area contributed by atoms with Gasteiger partial charge in [0.05, 0.1) is 21.2 Å². The van der Waals surface area contributed by atoms with E-state index in [2.05, 4.69) is 10.1 Å². The highest BCUT2D eigenvalue weighted by atomic mass is 127. The predicted octanol–water partition coefficient (Wildman–Crippen LogP) is 2.44. The predicted molar refractivity (Wildman–Crippen MR) is 70.6 cm³/mol. The van der Waals surface area contributed by atoms with E-state index in [-0.39, 0.29) is 5.43 Å². The van der Waals surface area contributed by atoms with Crippen LogP contribution in [0.1, 0.15) is 31.7 Å². The molecule has 0 aromatic carbocycles. The van der Waals surface area contributed by atoms with E-state index >= 15 is 0 Å². The molecule has 16 heavy (non-hydrogen) atoms. The second-order valence-electron chi connectivity index (χ2n) is 4.26. The van der Waals surface area contributed by atoms with Gasteiger partial charge in [-0.2, -0.15) is 5.10 Å². The molecular weight excluding hydrogens is 317 g/mol. The van der Waals surface area contributed by atoms with Crippen LogP contribution in [0.25, 0.3) is 11.0 Å². The van der Waals surface area contributed by atoms with Gasteiger partial charge in [0.25, 0.3) is 0 Å². The van der Waals surface area contributed by atoms with Gasteiger partial charge in [-0.3, -0.25) is 4.79 Å². The quantitative estimate of drug-likeness (QED) is 0.817. The average Bonchev–Trinajstić information content (AvgIpc) is 2.91. The Bertz CT molecular complexity index is 580. The number of hydrogen-bond donors (Lipinski definition) is 1. The molecule has 1 N–H and O–H groups in total. The first-order valence-corrected chi connectivity index (χ1v) is 6.59. The van der Waals surface area contributed by atoms with Crippen molar-refractivity contribution in [1.29, 1.82) is 0 Å². The van der Waals surface area contributed by atoms with Crippen molar-refractivity contribution < 1.29 is 0 Å². The zero-order valence-corrected chi connectivity index (χ0v) is 10.9. The topological polar surface area (TPSA) is 50.7 Å². The minimum absolute atomic E-state index is 0.0820. The van der Waals surface area contributed by atoms with E-state index in [0.29, 0.717) is 11.4 Å². The number of nitrogens with one attached hydrogen (secondary N) is 1. The van der Waals surface area contributed by atoms with E-state index in [9.17, 15) is 4.79 Å². The molecule has 0 bridgehead atoms. The highest BCUT2D eigenvalue weighted by Crippen LogP contribution is 2.30. The fraction of sp³-hybridized carbons (Fsp3) is 0.455. The highest BCUT2D eigenvalue weighted by molar-refractivity contribution is 14.1. The maximum Gasteiger partial charge on any atom is 0.205 e. The number of H-pyrrole nitrogens is 1. The molecular formula is C11H12IN3O. The summed E-state index contributed by atoms with van der Waals surface area (Å²) in [4.78, 5) is 15.1. The van der Waals surface area contributed by atoms with Crippen LogP contribution in [0.5, 0.6) is 0 Å². The van der Waals surface area contributed by atoms with E-state index in [1.165, 1.54) is 25.7 Å². The normalized spacial score (nSPS) is 17.3. The molecule has 4 nitrogen and oxygen atoms in total. The first kappa shape index (κ1) is 10.3. The van der Waals surface area contributed by atoms with Gasteiger partial charge in [0.1, 0.15) is 5.65 Å². The molecule has 0 unspecified atom stereocenters. The minimum Gasteiger partial charge on any atom is -0.345 e. The van der Waals surface area contributed by atoms with Gasteiger partial charge in [-0.15, -0.1) is 0 Å². The Labute approximate surface area is 106 Å². The Balaban J connectivity index is 2.20. The molecule has 0 saturated heterocycles. The van der Waals surface area contributed by atoms with Crippen molar-refractivity contribution in [3.63, 3.8) is 0 Å². The van der Waals surface area contributed by atoms with E-state index in [0.717, 1.165) is 9.22 Å². The summed E-state index contributed by atoms with van der Waals surface area (Å²) >= 11 is 2.05. The highest BCUT2D eigenvalue weighted by Gasteiger charge is 2.20. The molecule has 2 heterocycles. The lowest BCUT2D eigenvalue weighted by Crippen LogP contribution is -2.10. The summed E-state index contributed by atoms with van der Waals surface area (Å²) < 4.78 is 2.70. The summed E-state index contributed by atoms with van der Waals surface area (Å²) in [6, 6.07) is 0.466. The Morgan fingerprint density at radius 1 is 1.44 bits per heavy atom. The van der Waals surface area contributed by atoms with Crippen LogP contribution >= 0.6 is 22.6 Å². The largest absolute Gasteiger partial charge is 0.345 e. The molecule has 84 valence electrons. The number of halogens is 1. The van der Waals surface area contributed by atoms with Crippen molar-refractivity contribution >= 4 is 33.6 Å². The Morgan fingerprint density at radius 2 is 2.19 bits per heavy atom. The van der Waals surface area contributed by atoms with Gasteiger partial charge in [0, 0.05) is 6.20 Å². The number of nitrogens with zero attached hydrogens (tertiary/aromatic N) is 2. The third-order valence-corrected chi connectivity index (χ3v) is 4.06. The first-order valence-electron chi connectivity index (χ1n) is 5.52. The van der Waals surface area contributed by atoms with Gasteiger partial charge in [-0.25, -0.2) is 4.68 Å². The smallest absolute Gasteiger partial charge is 0.205 e. The van der Waals surface area contributed by atoms with E-state index < -0.39 is 0 Å². The van der Waals surface area contributed by atoms with Crippen LogP contribution in [0.4, 0.5) is 0 Å². The molecule has 1 aliphatic carbocycles. The lowest BCUT2D eigenvalue weighted by Gasteiger charge is -2.10. The summed E-state index contributed by atoms with van der Waals surface area (Å²) in [6.07, 6.45) is 8.32. The molecule has 0 atom stereocenters. The summed E-state index contributed by atoms with van der Waals surface area (Å²) in [6.45, 7) is 0. The number of aromatic nitrogens is 3. The maximum atomic E-state index is 11.9. The molecule has 1 aliphatic rings. The Kier molecular flexibility index (Phi) is 2.49. The van der Waals surface area contributed by atoms with Gasteiger partial charge >= 0.3 is 0 Å². The molecule has 1 saturated carbocycles. The van der Waals surface area contributed by atoms with Gasteiger partial charge in [-0.1, -0.05) is 12.8 Å². The number of pyridine rings is 1. The van der Waals surface area contributed by atoms with Gasteiger partial charge in [-0.05, 0) is 35.4 Å². The number of fused-ring (bicyclic) bond motifs is 1. The molecule has 0 amide bonds. The van der Waals surface area contributed by atoms with Crippen molar-refractivity contribution in [3.05, 3.63) is 26.2 Å². The lowest BCUT2D eigenvalue weighted by atomic mass is 10.2. The Morgan fingerprint density at radius 3 is 2.94 bits per heavy atom. The molecule has 1 fully saturated rings. The zero-order valence-electron chi connectivity index (χ0n) is 8.74. The molecule has 0 radical (unpaired) electrons. The van der Waals surface area contributed by atoms with Crippen LogP contribution in [0.3, 0.4) is 0 Å². The zero-order chi connectivity index (χ0) is 11.1. The van der Waals surface area contributed by atoms with Crippen molar-refractivity contribution in [2.75, 3.05) is 0 Å². The van der Waals surface area contributed by atoms with Crippen LogP contribution in [0, 0.1) is 3.57 Å². The lowest BCUT2D eigenvalue weighted by molar-refractivity contribution is 0.478. The summed E-state index contributed by atoms with van der Waals surface area (Å²) in [5, 5.41) is 5.07. The molecule has 5 heteroatoms. The summed E-state index contributed by atoms with van der Waals surface area (Å²) in [5.74, 6) is 0. The van der Waals surface area contributed by atoms with E-state index in [1.54, 1.807) is 12.4 Å². The van der Waals surface area contributed by atoms with Crippen molar-refractivity contribution in [2.24, 2.45) is 0 Å². The van der Waals surface area contributed by atoms with Crippen LogP contribution < -0.4 is 5.43 Å². The molecule has 3 rings (SSSR count). The van der Waals surface area contributed by atoms with E-state index in [1.807, 2.05) is 27.3 Å². The van der Waals surface area contributed by atoms with Gasteiger partial charge in [0.2, 0.25) is 5.43 Å².